The van der Waals surface area contributed by atoms with Crippen LogP contribution in [-0.2, 0) is 6.42 Å². The maximum Gasteiger partial charge on any atom is 0.319 e. The first-order valence-electron chi connectivity index (χ1n) is 12.0. The highest BCUT2D eigenvalue weighted by Crippen LogP contribution is 2.23. The number of carbonyl (C=O) groups excluding carboxylic acids is 1. The predicted molar refractivity (Wildman–Crippen MR) is 144 cm³/mol. The fourth-order valence-electron chi connectivity index (χ4n) is 4.32. The number of rotatable bonds is 7. The van der Waals surface area contributed by atoms with Crippen molar-refractivity contribution in [3.8, 4) is 0 Å². The van der Waals surface area contributed by atoms with Gasteiger partial charge in [-0.3, -0.25) is 4.90 Å². The van der Waals surface area contributed by atoms with E-state index in [0.29, 0.717) is 6.54 Å². The molecule has 0 saturated carbocycles. The smallest absolute Gasteiger partial charge is 0.319 e. The zero-order chi connectivity index (χ0) is 24.0. The summed E-state index contributed by atoms with van der Waals surface area (Å²) in [6.45, 7) is 7.25. The molecule has 7 nitrogen and oxygen atoms in total. The largest absolute Gasteiger partial charge is 0.344 e. The van der Waals surface area contributed by atoms with E-state index in [2.05, 4.69) is 56.0 Å². The Morgan fingerprint density at radius 2 is 1.74 bits per heavy atom. The van der Waals surface area contributed by atoms with Crippen molar-refractivity contribution in [2.75, 3.05) is 49.5 Å². The molecule has 1 saturated heterocycles. The minimum absolute atomic E-state index is 0.171. The molecule has 5 rings (SSSR count). The number of aryl methyl sites for hydroxylation is 1. The lowest BCUT2D eigenvalue weighted by Crippen LogP contribution is -2.48. The van der Waals surface area contributed by atoms with E-state index >= 15 is 0 Å². The molecule has 1 aromatic heterocycles. The van der Waals surface area contributed by atoms with E-state index in [1.807, 2.05) is 42.5 Å². The molecule has 35 heavy (non-hydrogen) atoms. The molecule has 0 unspecified atom stereocenters. The monoisotopic (exact) mass is 486 g/mol. The first kappa shape index (κ1) is 23.3. The summed E-state index contributed by atoms with van der Waals surface area (Å²) in [7, 11) is 0. The summed E-state index contributed by atoms with van der Waals surface area (Å²) in [5.41, 5.74) is 3.33. The number of fused-ring (bicyclic) bond motifs is 1. The van der Waals surface area contributed by atoms with Crippen molar-refractivity contribution in [1.29, 1.82) is 0 Å². The number of hydrogen-bond acceptors (Lipinski definition) is 6. The van der Waals surface area contributed by atoms with Gasteiger partial charge in [0.15, 0.2) is 0 Å². The molecule has 1 aliphatic heterocycles. The highest BCUT2D eigenvalue weighted by Gasteiger charge is 2.20. The fourth-order valence-corrected chi connectivity index (χ4v) is 5.06. The Hall–Kier alpha value is -3.49. The first-order valence-corrected chi connectivity index (χ1v) is 12.8. The van der Waals surface area contributed by atoms with Crippen LogP contribution < -0.4 is 15.5 Å². The third-order valence-electron chi connectivity index (χ3n) is 6.33. The highest BCUT2D eigenvalue weighted by molar-refractivity contribution is 7.09. The molecule has 1 fully saturated rings. The predicted octanol–water partition coefficient (Wildman–Crippen LogP) is 4.53. The number of benzene rings is 3. The Morgan fingerprint density at radius 1 is 0.971 bits per heavy atom. The van der Waals surface area contributed by atoms with Crippen LogP contribution in [0.5, 0.6) is 0 Å². The molecule has 1 aliphatic rings. The average Bonchev–Trinajstić information content (AvgIpc) is 3.35. The number of amides is 2. The average molecular weight is 487 g/mol. The van der Waals surface area contributed by atoms with E-state index < -0.39 is 0 Å². The quantitative estimate of drug-likeness (QED) is 0.401. The summed E-state index contributed by atoms with van der Waals surface area (Å²) < 4.78 is 4.57. The van der Waals surface area contributed by atoms with Crippen LogP contribution in [0.1, 0.15) is 17.0 Å². The SMILES string of the molecule is Cc1ccc(Cc2nsc(N3CCN(CCNC(=O)Nc4cccc5ccccc45)CC3)n2)cc1. The van der Waals surface area contributed by atoms with Gasteiger partial charge >= 0.3 is 6.03 Å². The van der Waals surface area contributed by atoms with E-state index in [4.69, 9.17) is 4.98 Å². The molecule has 0 spiro atoms. The molecular weight excluding hydrogens is 456 g/mol. The Bertz CT molecular complexity index is 1280. The summed E-state index contributed by atoms with van der Waals surface area (Å²) in [6, 6.07) is 22.4. The van der Waals surface area contributed by atoms with Crippen LogP contribution in [0.4, 0.5) is 15.6 Å². The molecule has 2 heterocycles. The standard InChI is InChI=1S/C27H30N6OS/c1-20-9-11-21(12-10-20)19-25-30-27(35-31-25)33-17-15-32(16-18-33)14-13-28-26(34)29-24-8-4-6-22-5-2-3-7-23(22)24/h2-12H,13-19H2,1H3,(H2,28,29,34). The van der Waals surface area contributed by atoms with Crippen LogP contribution in [0.3, 0.4) is 0 Å². The van der Waals surface area contributed by atoms with Gasteiger partial charge in [-0.15, -0.1) is 0 Å². The highest BCUT2D eigenvalue weighted by atomic mass is 32.1. The fraction of sp³-hybridized carbons (Fsp3) is 0.296. The molecule has 2 N–H and O–H groups in total. The second kappa shape index (κ2) is 10.8. The summed E-state index contributed by atoms with van der Waals surface area (Å²) in [5.74, 6) is 0.887. The number of nitrogens with zero attached hydrogens (tertiary/aromatic N) is 4. The van der Waals surface area contributed by atoms with Crippen LogP contribution in [0.25, 0.3) is 10.8 Å². The van der Waals surface area contributed by atoms with E-state index in [1.165, 1.54) is 22.7 Å². The van der Waals surface area contributed by atoms with Crippen LogP contribution in [0.2, 0.25) is 0 Å². The summed E-state index contributed by atoms with van der Waals surface area (Å²) in [5, 5.41) is 9.13. The third kappa shape index (κ3) is 5.96. The summed E-state index contributed by atoms with van der Waals surface area (Å²) >= 11 is 1.48. The van der Waals surface area contributed by atoms with Crippen LogP contribution in [0, 0.1) is 6.92 Å². The van der Waals surface area contributed by atoms with Gasteiger partial charge in [0, 0.05) is 62.6 Å². The van der Waals surface area contributed by atoms with Crippen molar-refractivity contribution in [2.45, 2.75) is 13.3 Å². The second-order valence-corrected chi connectivity index (χ2v) is 9.62. The Kier molecular flexibility index (Phi) is 7.20. The number of urea groups is 1. The molecule has 180 valence electrons. The minimum Gasteiger partial charge on any atom is -0.344 e. The van der Waals surface area contributed by atoms with Gasteiger partial charge in [0.1, 0.15) is 5.82 Å². The van der Waals surface area contributed by atoms with Crippen molar-refractivity contribution in [2.24, 2.45) is 0 Å². The lowest BCUT2D eigenvalue weighted by atomic mass is 10.1. The number of anilines is 2. The van der Waals surface area contributed by atoms with Crippen LogP contribution >= 0.6 is 11.5 Å². The Labute approximate surface area is 210 Å². The molecule has 3 aromatic carbocycles. The molecular formula is C27H30N6OS. The second-order valence-electron chi connectivity index (χ2n) is 8.89. The molecule has 0 radical (unpaired) electrons. The van der Waals surface area contributed by atoms with Crippen molar-refractivity contribution >= 4 is 39.2 Å². The number of piperazine rings is 1. The molecule has 8 heteroatoms. The summed E-state index contributed by atoms with van der Waals surface area (Å²) in [6.07, 6.45) is 0.767. The summed E-state index contributed by atoms with van der Waals surface area (Å²) in [4.78, 5) is 21.9. The minimum atomic E-state index is -0.171. The third-order valence-corrected chi connectivity index (χ3v) is 7.15. The maximum absolute atomic E-state index is 12.4. The number of hydrogen-bond donors (Lipinski definition) is 2. The van der Waals surface area contributed by atoms with Crippen LogP contribution in [-0.4, -0.2) is 59.6 Å². The van der Waals surface area contributed by atoms with Crippen molar-refractivity contribution in [1.82, 2.24) is 19.6 Å². The van der Waals surface area contributed by atoms with E-state index in [9.17, 15) is 4.79 Å². The van der Waals surface area contributed by atoms with Crippen LogP contribution in [0.15, 0.2) is 66.7 Å². The zero-order valence-corrected chi connectivity index (χ0v) is 20.7. The molecule has 0 aliphatic carbocycles. The van der Waals surface area contributed by atoms with Crippen molar-refractivity contribution in [3.05, 3.63) is 83.7 Å². The number of nitrogens with one attached hydrogen (secondary N) is 2. The van der Waals surface area contributed by atoms with Gasteiger partial charge in [0.2, 0.25) is 5.13 Å². The topological polar surface area (TPSA) is 73.4 Å². The van der Waals surface area contributed by atoms with Gasteiger partial charge in [-0.1, -0.05) is 66.2 Å². The first-order chi connectivity index (χ1) is 17.1. The van der Waals surface area contributed by atoms with Gasteiger partial charge in [-0.25, -0.2) is 9.78 Å². The molecule has 0 atom stereocenters. The lowest BCUT2D eigenvalue weighted by molar-refractivity contribution is 0.240. The number of aromatic nitrogens is 2. The van der Waals surface area contributed by atoms with E-state index in [0.717, 1.165) is 66.6 Å². The molecule has 4 aromatic rings. The van der Waals surface area contributed by atoms with Gasteiger partial charge in [-0.2, -0.15) is 4.37 Å². The van der Waals surface area contributed by atoms with Gasteiger partial charge in [0.05, 0.1) is 5.69 Å². The van der Waals surface area contributed by atoms with Crippen molar-refractivity contribution < 1.29 is 4.79 Å². The van der Waals surface area contributed by atoms with Crippen molar-refractivity contribution in [3.63, 3.8) is 0 Å². The van der Waals surface area contributed by atoms with E-state index in [1.54, 1.807) is 0 Å². The van der Waals surface area contributed by atoms with Gasteiger partial charge in [-0.05, 0) is 23.9 Å². The van der Waals surface area contributed by atoms with Gasteiger partial charge < -0.3 is 15.5 Å². The zero-order valence-electron chi connectivity index (χ0n) is 19.9. The number of carbonyl (C=O) groups is 1. The molecule has 2 amide bonds. The molecule has 0 bridgehead atoms. The lowest BCUT2D eigenvalue weighted by Gasteiger charge is -2.34. The normalized spacial score (nSPS) is 14.3. The van der Waals surface area contributed by atoms with E-state index in [-0.39, 0.29) is 6.03 Å². The van der Waals surface area contributed by atoms with Gasteiger partial charge in [0.25, 0.3) is 0 Å². The Morgan fingerprint density at radius 3 is 2.57 bits per heavy atom. The Balaban J connectivity index is 1.05. The maximum atomic E-state index is 12.4.